The number of benzene rings is 1. The van der Waals surface area contributed by atoms with Gasteiger partial charge in [0, 0.05) is 24.2 Å². The largest absolute Gasteiger partial charge is 0.383 e. The molecule has 0 bridgehead atoms. The van der Waals surface area contributed by atoms with Crippen LogP contribution in [-0.4, -0.2) is 39.0 Å². The fraction of sp³-hybridized carbons (Fsp3) is 0.500. The Kier molecular flexibility index (Phi) is 4.42. The molecule has 1 fully saturated rings. The predicted octanol–water partition coefficient (Wildman–Crippen LogP) is 2.25. The Labute approximate surface area is 116 Å². The lowest BCUT2D eigenvalue weighted by Gasteiger charge is -2.21. The van der Waals surface area contributed by atoms with Crippen LogP contribution in [0.4, 0.5) is 0 Å². The molecule has 1 saturated carbocycles. The normalized spacial score (nSPS) is 16.2. The van der Waals surface area contributed by atoms with Gasteiger partial charge in [0.2, 0.25) is 10.0 Å². The van der Waals surface area contributed by atoms with Crippen molar-refractivity contribution in [2.45, 2.75) is 23.8 Å². The highest BCUT2D eigenvalue weighted by Crippen LogP contribution is 2.32. The number of halogens is 1. The molecule has 100 valence electrons. The Hall–Kier alpha value is -0.430. The minimum absolute atomic E-state index is 0.143. The van der Waals surface area contributed by atoms with E-state index in [-0.39, 0.29) is 6.04 Å². The molecule has 6 heteroatoms. The van der Waals surface area contributed by atoms with Gasteiger partial charge in [-0.1, -0.05) is 22.0 Å². The van der Waals surface area contributed by atoms with Gasteiger partial charge in [-0.25, -0.2) is 8.42 Å². The zero-order valence-electron chi connectivity index (χ0n) is 10.2. The van der Waals surface area contributed by atoms with Crippen molar-refractivity contribution in [3.05, 3.63) is 28.7 Å². The van der Waals surface area contributed by atoms with Gasteiger partial charge in [0.25, 0.3) is 0 Å². The second-order valence-corrected chi connectivity index (χ2v) is 7.10. The van der Waals surface area contributed by atoms with Gasteiger partial charge in [-0.15, -0.1) is 0 Å². The summed E-state index contributed by atoms with van der Waals surface area (Å²) in [6.07, 6.45) is 1.88. The van der Waals surface area contributed by atoms with Gasteiger partial charge in [0.15, 0.2) is 0 Å². The van der Waals surface area contributed by atoms with Crippen LogP contribution in [-0.2, 0) is 14.8 Å². The number of nitrogens with zero attached hydrogens (tertiary/aromatic N) is 1. The summed E-state index contributed by atoms with van der Waals surface area (Å²) in [6.45, 7) is 0.833. The first kappa shape index (κ1) is 14.0. The monoisotopic (exact) mass is 333 g/mol. The molecular formula is C12H16BrNO3S. The predicted molar refractivity (Wildman–Crippen MR) is 72.9 cm³/mol. The zero-order chi connectivity index (χ0) is 13.2. The second-order valence-electron chi connectivity index (χ2n) is 4.30. The fourth-order valence-electron chi connectivity index (χ4n) is 1.81. The van der Waals surface area contributed by atoms with Crippen LogP contribution in [0.25, 0.3) is 0 Å². The number of methoxy groups -OCH3 is 1. The summed E-state index contributed by atoms with van der Waals surface area (Å²) in [4.78, 5) is 0.333. The van der Waals surface area contributed by atoms with Gasteiger partial charge in [-0.3, -0.25) is 0 Å². The van der Waals surface area contributed by atoms with Crippen LogP contribution in [0.1, 0.15) is 12.8 Å². The molecule has 0 amide bonds. The van der Waals surface area contributed by atoms with Crippen molar-refractivity contribution < 1.29 is 13.2 Å². The smallest absolute Gasteiger partial charge is 0.243 e. The van der Waals surface area contributed by atoms with Crippen molar-refractivity contribution in [3.63, 3.8) is 0 Å². The summed E-state index contributed by atoms with van der Waals surface area (Å²) in [5.41, 5.74) is 0. The zero-order valence-corrected chi connectivity index (χ0v) is 12.6. The molecule has 0 aromatic heterocycles. The first-order chi connectivity index (χ1) is 8.55. The summed E-state index contributed by atoms with van der Waals surface area (Å²) in [5, 5.41) is 0. The van der Waals surface area contributed by atoms with Crippen molar-refractivity contribution in [1.82, 2.24) is 4.31 Å². The maximum atomic E-state index is 12.5. The molecule has 4 nitrogen and oxygen atoms in total. The van der Waals surface area contributed by atoms with Gasteiger partial charge < -0.3 is 4.74 Å². The highest BCUT2D eigenvalue weighted by molar-refractivity contribution is 9.10. The highest BCUT2D eigenvalue weighted by Gasteiger charge is 2.37. The van der Waals surface area contributed by atoms with Gasteiger partial charge >= 0.3 is 0 Å². The molecule has 0 unspecified atom stereocenters. The Morgan fingerprint density at radius 1 is 1.44 bits per heavy atom. The third-order valence-electron chi connectivity index (χ3n) is 2.87. The maximum absolute atomic E-state index is 12.5. The van der Waals surface area contributed by atoms with E-state index in [2.05, 4.69) is 15.9 Å². The number of rotatable bonds is 6. The lowest BCUT2D eigenvalue weighted by molar-refractivity contribution is 0.177. The summed E-state index contributed by atoms with van der Waals surface area (Å²) in [5.74, 6) is 0. The highest BCUT2D eigenvalue weighted by atomic mass is 79.9. The average molecular weight is 334 g/mol. The minimum Gasteiger partial charge on any atom is -0.383 e. The van der Waals surface area contributed by atoms with Crippen LogP contribution in [0.3, 0.4) is 0 Å². The molecule has 0 spiro atoms. The van der Waals surface area contributed by atoms with Crippen LogP contribution in [0.2, 0.25) is 0 Å². The quantitative estimate of drug-likeness (QED) is 0.802. The Morgan fingerprint density at radius 2 is 2.17 bits per heavy atom. The molecule has 18 heavy (non-hydrogen) atoms. The van der Waals surface area contributed by atoms with Gasteiger partial charge in [-0.2, -0.15) is 4.31 Å². The number of ether oxygens (including phenoxy) is 1. The van der Waals surface area contributed by atoms with E-state index in [0.717, 1.165) is 17.3 Å². The van der Waals surface area contributed by atoms with E-state index in [1.807, 2.05) is 6.07 Å². The lowest BCUT2D eigenvalue weighted by Crippen LogP contribution is -2.35. The molecule has 0 N–H and O–H groups in total. The van der Waals surface area contributed by atoms with Gasteiger partial charge in [0.05, 0.1) is 11.5 Å². The topological polar surface area (TPSA) is 46.6 Å². The third kappa shape index (κ3) is 3.12. The van der Waals surface area contributed by atoms with Crippen LogP contribution < -0.4 is 0 Å². The van der Waals surface area contributed by atoms with Gasteiger partial charge in [-0.05, 0) is 31.0 Å². The van der Waals surface area contributed by atoms with Crippen LogP contribution in [0, 0.1) is 0 Å². The molecule has 0 radical (unpaired) electrons. The molecule has 0 saturated heterocycles. The van der Waals surface area contributed by atoms with Crippen LogP contribution in [0.15, 0.2) is 33.6 Å². The Morgan fingerprint density at radius 3 is 2.72 bits per heavy atom. The maximum Gasteiger partial charge on any atom is 0.243 e. The molecule has 2 rings (SSSR count). The van der Waals surface area contributed by atoms with Crippen molar-refractivity contribution >= 4 is 26.0 Å². The van der Waals surface area contributed by atoms with E-state index in [9.17, 15) is 8.42 Å². The lowest BCUT2D eigenvalue weighted by atomic mass is 10.4. The van der Waals surface area contributed by atoms with Crippen LogP contribution >= 0.6 is 15.9 Å². The molecule has 1 aliphatic carbocycles. The molecule has 1 aromatic rings. The average Bonchev–Trinajstić information content (AvgIpc) is 3.14. The second kappa shape index (κ2) is 5.69. The molecule has 1 aliphatic rings. The molecule has 1 aromatic carbocycles. The molecule has 0 aliphatic heterocycles. The van der Waals surface area contributed by atoms with E-state index >= 15 is 0 Å². The SMILES string of the molecule is COCCN(C1CC1)S(=O)(=O)c1cccc(Br)c1. The molecule has 0 atom stereocenters. The van der Waals surface area contributed by atoms with E-state index in [0.29, 0.717) is 18.0 Å². The van der Waals surface area contributed by atoms with Crippen molar-refractivity contribution in [2.75, 3.05) is 20.3 Å². The number of hydrogen-bond acceptors (Lipinski definition) is 3. The van der Waals surface area contributed by atoms with Crippen molar-refractivity contribution in [1.29, 1.82) is 0 Å². The van der Waals surface area contributed by atoms with Crippen molar-refractivity contribution in [2.24, 2.45) is 0 Å². The summed E-state index contributed by atoms with van der Waals surface area (Å²) >= 11 is 3.30. The first-order valence-electron chi connectivity index (χ1n) is 5.82. The van der Waals surface area contributed by atoms with E-state index < -0.39 is 10.0 Å². The van der Waals surface area contributed by atoms with E-state index in [4.69, 9.17) is 4.74 Å². The van der Waals surface area contributed by atoms with E-state index in [1.165, 1.54) is 0 Å². The molecule has 0 heterocycles. The first-order valence-corrected chi connectivity index (χ1v) is 8.05. The van der Waals surface area contributed by atoms with Crippen LogP contribution in [0.5, 0.6) is 0 Å². The summed E-state index contributed by atoms with van der Waals surface area (Å²) in [6, 6.07) is 6.96. The number of sulfonamides is 1. The van der Waals surface area contributed by atoms with Crippen molar-refractivity contribution in [3.8, 4) is 0 Å². The summed E-state index contributed by atoms with van der Waals surface area (Å²) < 4.78 is 32.4. The number of hydrogen-bond donors (Lipinski definition) is 0. The van der Waals surface area contributed by atoms with Gasteiger partial charge in [0.1, 0.15) is 0 Å². The Bertz CT molecular complexity index is 514. The van der Waals surface area contributed by atoms with E-state index in [1.54, 1.807) is 29.6 Å². The molecular weight excluding hydrogens is 318 g/mol. The summed E-state index contributed by atoms with van der Waals surface area (Å²) in [7, 11) is -1.83. The standard InChI is InChI=1S/C12H16BrNO3S/c1-17-8-7-14(11-5-6-11)18(15,16)12-4-2-3-10(13)9-12/h2-4,9,11H,5-8H2,1H3. The third-order valence-corrected chi connectivity index (χ3v) is 5.31. The Balaban J connectivity index is 2.27. The minimum atomic E-state index is -3.41. The fourth-order valence-corrected chi connectivity index (χ4v) is 4.07.